The molecule has 0 aliphatic rings. The Labute approximate surface area is 80.5 Å². The van der Waals surface area contributed by atoms with Crippen LogP contribution in [-0.2, 0) is 0 Å². The number of ether oxygens (including phenoxy) is 1. The Balaban J connectivity index is 2.46. The first kappa shape index (κ1) is 8.56. The molecule has 0 aromatic heterocycles. The number of carboxylic acid groups (broad SMARTS) is 1. The summed E-state index contributed by atoms with van der Waals surface area (Å²) in [5.41, 5.74) is 0. The fraction of sp³-hybridized carbons (Fsp3) is 0. The van der Waals surface area contributed by atoms with Crippen LogP contribution in [0, 0.1) is 0 Å². The third-order valence-electron chi connectivity index (χ3n) is 1.93. The molecule has 3 nitrogen and oxygen atoms in total. The second-order valence-electron chi connectivity index (χ2n) is 2.88. The molecule has 3 heteroatoms. The summed E-state index contributed by atoms with van der Waals surface area (Å²) in [5, 5.41) is 10.4. The molecule has 70 valence electrons. The van der Waals surface area contributed by atoms with Crippen LogP contribution in [0.15, 0.2) is 42.5 Å². The Morgan fingerprint density at radius 2 is 1.79 bits per heavy atom. The van der Waals surface area contributed by atoms with Gasteiger partial charge in [-0.05, 0) is 22.9 Å². The summed E-state index contributed by atoms with van der Waals surface area (Å²) in [6.45, 7) is 0. The molecule has 0 saturated heterocycles. The number of hydrogen-bond donors (Lipinski definition) is 1. The minimum absolute atomic E-state index is 0.344. The lowest BCUT2D eigenvalue weighted by Gasteiger charge is -2.01. The van der Waals surface area contributed by atoms with E-state index in [0.717, 1.165) is 10.8 Å². The van der Waals surface area contributed by atoms with Crippen LogP contribution in [0.2, 0.25) is 0 Å². The van der Waals surface area contributed by atoms with Crippen molar-refractivity contribution in [1.29, 1.82) is 0 Å². The zero-order chi connectivity index (χ0) is 9.97. The molecule has 2 rings (SSSR count). The lowest BCUT2D eigenvalue weighted by molar-refractivity contribution is 0.144. The first-order valence-corrected chi connectivity index (χ1v) is 4.15. The van der Waals surface area contributed by atoms with Crippen molar-refractivity contribution in [3.8, 4) is 5.75 Å². The van der Waals surface area contributed by atoms with Crippen molar-refractivity contribution < 1.29 is 14.6 Å². The van der Waals surface area contributed by atoms with E-state index < -0.39 is 6.16 Å². The summed E-state index contributed by atoms with van der Waals surface area (Å²) < 4.78 is 4.54. The Morgan fingerprint density at radius 1 is 1.07 bits per heavy atom. The van der Waals surface area contributed by atoms with Crippen molar-refractivity contribution >= 4 is 16.9 Å². The monoisotopic (exact) mass is 188 g/mol. The second kappa shape index (κ2) is 3.38. The van der Waals surface area contributed by atoms with E-state index in [4.69, 9.17) is 5.11 Å². The van der Waals surface area contributed by atoms with E-state index in [1.165, 1.54) is 0 Å². The van der Waals surface area contributed by atoms with Crippen molar-refractivity contribution in [2.24, 2.45) is 0 Å². The van der Waals surface area contributed by atoms with Gasteiger partial charge in [-0.25, -0.2) is 4.79 Å². The van der Waals surface area contributed by atoms with Crippen LogP contribution in [0.3, 0.4) is 0 Å². The number of hydrogen-bond acceptors (Lipinski definition) is 2. The van der Waals surface area contributed by atoms with Gasteiger partial charge >= 0.3 is 6.16 Å². The Morgan fingerprint density at radius 3 is 2.50 bits per heavy atom. The van der Waals surface area contributed by atoms with E-state index in [2.05, 4.69) is 4.74 Å². The third kappa shape index (κ3) is 1.66. The van der Waals surface area contributed by atoms with Gasteiger partial charge in [-0.15, -0.1) is 0 Å². The number of rotatable bonds is 1. The molecule has 0 saturated carbocycles. The Bertz CT molecular complexity index is 477. The summed E-state index contributed by atoms with van der Waals surface area (Å²) >= 11 is 0. The molecule has 2 aromatic rings. The minimum atomic E-state index is -1.29. The van der Waals surface area contributed by atoms with E-state index in [1.807, 2.05) is 30.3 Å². The second-order valence-corrected chi connectivity index (χ2v) is 2.88. The van der Waals surface area contributed by atoms with Gasteiger partial charge in [-0.1, -0.05) is 30.3 Å². The quantitative estimate of drug-likeness (QED) is 0.552. The fourth-order valence-electron chi connectivity index (χ4n) is 1.33. The molecule has 14 heavy (non-hydrogen) atoms. The lowest BCUT2D eigenvalue weighted by atomic mass is 10.1. The van der Waals surface area contributed by atoms with Crippen molar-refractivity contribution in [3.05, 3.63) is 42.5 Å². The third-order valence-corrected chi connectivity index (χ3v) is 1.93. The van der Waals surface area contributed by atoms with Gasteiger partial charge in [0.15, 0.2) is 0 Å². The van der Waals surface area contributed by atoms with Gasteiger partial charge in [0.25, 0.3) is 0 Å². The van der Waals surface area contributed by atoms with Crippen LogP contribution >= 0.6 is 0 Å². The highest BCUT2D eigenvalue weighted by molar-refractivity contribution is 5.84. The zero-order valence-corrected chi connectivity index (χ0v) is 7.31. The highest BCUT2D eigenvalue weighted by Crippen LogP contribution is 2.20. The molecule has 0 radical (unpaired) electrons. The van der Waals surface area contributed by atoms with Crippen LogP contribution in [0.5, 0.6) is 5.75 Å². The van der Waals surface area contributed by atoms with Crippen LogP contribution in [0.1, 0.15) is 0 Å². The van der Waals surface area contributed by atoms with E-state index in [0.29, 0.717) is 5.75 Å². The van der Waals surface area contributed by atoms with E-state index in [-0.39, 0.29) is 0 Å². The van der Waals surface area contributed by atoms with Crippen LogP contribution in [0.4, 0.5) is 4.79 Å². The highest BCUT2D eigenvalue weighted by Gasteiger charge is 2.00. The van der Waals surface area contributed by atoms with Crippen molar-refractivity contribution in [2.45, 2.75) is 0 Å². The SMILES string of the molecule is O=C(O)Oc1ccc2ccccc2c1. The maximum absolute atomic E-state index is 10.3. The first-order chi connectivity index (χ1) is 6.75. The molecule has 0 aliphatic carbocycles. The number of carbonyl (C=O) groups is 1. The topological polar surface area (TPSA) is 46.5 Å². The molecular formula is C11H8O3. The van der Waals surface area contributed by atoms with Gasteiger partial charge in [0, 0.05) is 0 Å². The van der Waals surface area contributed by atoms with Crippen LogP contribution in [-0.4, -0.2) is 11.3 Å². The maximum Gasteiger partial charge on any atom is 0.511 e. The zero-order valence-electron chi connectivity index (χ0n) is 7.31. The van der Waals surface area contributed by atoms with Gasteiger partial charge in [-0.2, -0.15) is 0 Å². The van der Waals surface area contributed by atoms with Gasteiger partial charge in [0.1, 0.15) is 5.75 Å². The van der Waals surface area contributed by atoms with Crippen LogP contribution in [0.25, 0.3) is 10.8 Å². The molecule has 0 bridgehead atoms. The molecular weight excluding hydrogens is 180 g/mol. The summed E-state index contributed by atoms with van der Waals surface area (Å²) in [4.78, 5) is 10.3. The van der Waals surface area contributed by atoms with Gasteiger partial charge in [-0.3, -0.25) is 0 Å². The first-order valence-electron chi connectivity index (χ1n) is 4.15. The van der Waals surface area contributed by atoms with E-state index in [9.17, 15) is 4.79 Å². The Hall–Kier alpha value is -2.03. The van der Waals surface area contributed by atoms with Gasteiger partial charge in [0.05, 0.1) is 0 Å². The minimum Gasteiger partial charge on any atom is -0.449 e. The highest BCUT2D eigenvalue weighted by atomic mass is 16.7. The number of fused-ring (bicyclic) bond motifs is 1. The average Bonchev–Trinajstić information content (AvgIpc) is 2.17. The van der Waals surface area contributed by atoms with Crippen molar-refractivity contribution in [2.75, 3.05) is 0 Å². The Kier molecular flexibility index (Phi) is 2.07. The fourth-order valence-corrected chi connectivity index (χ4v) is 1.33. The summed E-state index contributed by atoms with van der Waals surface area (Å²) in [7, 11) is 0. The van der Waals surface area contributed by atoms with Crippen molar-refractivity contribution in [3.63, 3.8) is 0 Å². The predicted molar refractivity (Wildman–Crippen MR) is 52.6 cm³/mol. The predicted octanol–water partition coefficient (Wildman–Crippen LogP) is 2.90. The normalized spacial score (nSPS) is 10.0. The maximum atomic E-state index is 10.3. The van der Waals surface area contributed by atoms with Crippen molar-refractivity contribution in [1.82, 2.24) is 0 Å². The summed E-state index contributed by atoms with van der Waals surface area (Å²) in [6.07, 6.45) is -1.29. The lowest BCUT2D eigenvalue weighted by Crippen LogP contribution is -2.02. The molecule has 0 amide bonds. The number of benzene rings is 2. The standard InChI is InChI=1S/C11H8O3/c12-11(13)14-10-6-5-8-3-1-2-4-9(8)7-10/h1-7H,(H,12,13). The molecule has 0 heterocycles. The van der Waals surface area contributed by atoms with Gasteiger partial charge < -0.3 is 9.84 Å². The smallest absolute Gasteiger partial charge is 0.449 e. The summed E-state index contributed by atoms with van der Waals surface area (Å²) in [5.74, 6) is 0.344. The summed E-state index contributed by atoms with van der Waals surface area (Å²) in [6, 6.07) is 12.9. The van der Waals surface area contributed by atoms with E-state index >= 15 is 0 Å². The average molecular weight is 188 g/mol. The molecule has 1 N–H and O–H groups in total. The molecule has 0 unspecified atom stereocenters. The van der Waals surface area contributed by atoms with Crippen LogP contribution < -0.4 is 4.74 Å². The van der Waals surface area contributed by atoms with Gasteiger partial charge in [0.2, 0.25) is 0 Å². The molecule has 0 spiro atoms. The molecule has 0 fully saturated rings. The molecule has 0 aliphatic heterocycles. The largest absolute Gasteiger partial charge is 0.511 e. The molecule has 0 atom stereocenters. The van der Waals surface area contributed by atoms with E-state index in [1.54, 1.807) is 12.1 Å². The molecule has 2 aromatic carbocycles.